The van der Waals surface area contributed by atoms with Crippen LogP contribution in [-0.4, -0.2) is 60.1 Å². The minimum atomic E-state index is -0.183. The Morgan fingerprint density at radius 1 is 1.08 bits per heavy atom. The molecule has 1 aliphatic carbocycles. The molecule has 0 radical (unpaired) electrons. The van der Waals surface area contributed by atoms with Crippen LogP contribution < -0.4 is 10.6 Å². The van der Waals surface area contributed by atoms with Crippen LogP contribution >= 0.6 is 0 Å². The summed E-state index contributed by atoms with van der Waals surface area (Å²) >= 11 is 0. The molecule has 1 aliphatic heterocycles. The van der Waals surface area contributed by atoms with Gasteiger partial charge in [-0.05, 0) is 37.0 Å². The van der Waals surface area contributed by atoms with Gasteiger partial charge in [-0.1, -0.05) is 62.4 Å². The van der Waals surface area contributed by atoms with Gasteiger partial charge in [0.15, 0.2) is 0 Å². The second-order valence-corrected chi connectivity index (χ2v) is 10.6. The number of para-hydroxylation sites is 1. The molecule has 2 aliphatic rings. The van der Waals surface area contributed by atoms with E-state index in [1.54, 1.807) is 7.11 Å². The number of nitrogens with one attached hydrogen (secondary N) is 2. The fourth-order valence-electron chi connectivity index (χ4n) is 5.73. The molecule has 7 nitrogen and oxygen atoms in total. The monoisotopic (exact) mass is 487 g/mol. The molecule has 2 N–H and O–H groups in total. The molecule has 1 saturated heterocycles. The first kappa shape index (κ1) is 24.5. The SMILES string of the molecule is COCCN1C[C@H](NC(=O)Nc2c3c(nn2-c2ccccc2)C(C)(C)CCC3)[C@@H](c2ccccc2)C1. The maximum atomic E-state index is 13.5. The summed E-state index contributed by atoms with van der Waals surface area (Å²) in [5.41, 5.74) is 4.41. The van der Waals surface area contributed by atoms with E-state index in [1.165, 1.54) is 5.56 Å². The Morgan fingerprint density at radius 3 is 2.53 bits per heavy atom. The number of urea groups is 1. The predicted octanol–water partition coefficient (Wildman–Crippen LogP) is 4.72. The van der Waals surface area contributed by atoms with Crippen LogP contribution in [0.15, 0.2) is 60.7 Å². The molecule has 0 spiro atoms. The Labute approximate surface area is 213 Å². The number of carbonyl (C=O) groups excluding carboxylic acids is 1. The zero-order chi connectivity index (χ0) is 25.1. The molecule has 1 aromatic heterocycles. The standard InChI is InChI=1S/C29H37N5O2/c1-29(2)16-10-15-23-26(29)32-34(22-13-8-5-9-14-22)27(23)31-28(35)30-25-20-33(17-18-36-3)19-24(25)21-11-6-4-7-12-21/h4-9,11-14,24-25H,10,15-20H2,1-3H3,(H2,30,31,35)/t24-,25+/m1/s1. The van der Waals surface area contributed by atoms with Crippen molar-refractivity contribution < 1.29 is 9.53 Å². The Hall–Kier alpha value is -3.16. The van der Waals surface area contributed by atoms with E-state index in [4.69, 9.17) is 9.84 Å². The van der Waals surface area contributed by atoms with Crippen LogP contribution in [0.2, 0.25) is 0 Å². The van der Waals surface area contributed by atoms with Crippen molar-refractivity contribution in [3.63, 3.8) is 0 Å². The Balaban J connectivity index is 1.40. The van der Waals surface area contributed by atoms with Crippen LogP contribution in [0.3, 0.4) is 0 Å². The fourth-order valence-corrected chi connectivity index (χ4v) is 5.73. The van der Waals surface area contributed by atoms with E-state index in [1.807, 2.05) is 41.1 Å². The summed E-state index contributed by atoms with van der Waals surface area (Å²) in [5.74, 6) is 1.01. The number of methoxy groups -OCH3 is 1. The number of hydrogen-bond donors (Lipinski definition) is 2. The molecule has 5 rings (SSSR count). The lowest BCUT2D eigenvalue weighted by molar-refractivity contribution is 0.159. The molecule has 3 aromatic rings. The number of amides is 2. The maximum absolute atomic E-state index is 13.5. The third-order valence-corrected chi connectivity index (χ3v) is 7.64. The molecular formula is C29H37N5O2. The molecule has 0 saturated carbocycles. The number of fused-ring (bicyclic) bond motifs is 1. The first-order valence-electron chi connectivity index (χ1n) is 13.0. The van der Waals surface area contributed by atoms with Gasteiger partial charge in [-0.15, -0.1) is 0 Å². The molecule has 2 amide bonds. The van der Waals surface area contributed by atoms with E-state index in [9.17, 15) is 4.79 Å². The predicted molar refractivity (Wildman–Crippen MR) is 143 cm³/mol. The molecule has 0 unspecified atom stereocenters. The van der Waals surface area contributed by atoms with Gasteiger partial charge in [-0.3, -0.25) is 10.2 Å². The topological polar surface area (TPSA) is 71.4 Å². The fraction of sp³-hybridized carbons (Fsp3) is 0.448. The third-order valence-electron chi connectivity index (χ3n) is 7.64. The van der Waals surface area contributed by atoms with Crippen molar-refractivity contribution >= 4 is 11.8 Å². The number of nitrogens with zero attached hydrogens (tertiary/aromatic N) is 3. The van der Waals surface area contributed by atoms with E-state index >= 15 is 0 Å². The van der Waals surface area contributed by atoms with Crippen molar-refractivity contribution in [1.29, 1.82) is 0 Å². The molecule has 2 heterocycles. The number of rotatable bonds is 7. The van der Waals surface area contributed by atoms with E-state index in [2.05, 4.69) is 53.6 Å². The smallest absolute Gasteiger partial charge is 0.320 e. The van der Waals surface area contributed by atoms with Gasteiger partial charge < -0.3 is 10.1 Å². The molecule has 1 fully saturated rings. The van der Waals surface area contributed by atoms with Crippen molar-refractivity contribution in [2.45, 2.75) is 50.5 Å². The number of ether oxygens (including phenoxy) is 1. The highest BCUT2D eigenvalue weighted by Gasteiger charge is 2.37. The number of aromatic nitrogens is 2. The molecule has 2 atom stereocenters. The van der Waals surface area contributed by atoms with Crippen LogP contribution in [0.1, 0.15) is 49.4 Å². The first-order chi connectivity index (χ1) is 17.5. The third kappa shape index (κ3) is 5.04. The van der Waals surface area contributed by atoms with Gasteiger partial charge in [0.25, 0.3) is 0 Å². The van der Waals surface area contributed by atoms with Gasteiger partial charge in [0.1, 0.15) is 5.82 Å². The van der Waals surface area contributed by atoms with Crippen molar-refractivity contribution in [3.8, 4) is 5.69 Å². The molecule has 36 heavy (non-hydrogen) atoms. The van der Waals surface area contributed by atoms with Crippen LogP contribution in [0.5, 0.6) is 0 Å². The number of anilines is 1. The van der Waals surface area contributed by atoms with Crippen molar-refractivity contribution in [1.82, 2.24) is 20.0 Å². The highest BCUT2D eigenvalue weighted by atomic mass is 16.5. The summed E-state index contributed by atoms with van der Waals surface area (Å²) < 4.78 is 7.21. The summed E-state index contributed by atoms with van der Waals surface area (Å²) in [5, 5.41) is 11.5. The van der Waals surface area contributed by atoms with Crippen molar-refractivity contribution in [3.05, 3.63) is 77.5 Å². The Bertz CT molecular complexity index is 1180. The van der Waals surface area contributed by atoms with Gasteiger partial charge in [0.05, 0.1) is 24.0 Å². The summed E-state index contributed by atoms with van der Waals surface area (Å²) in [6, 6.07) is 20.4. The van der Waals surface area contributed by atoms with Crippen LogP contribution in [-0.2, 0) is 16.6 Å². The summed E-state index contributed by atoms with van der Waals surface area (Å²) in [6.07, 6.45) is 3.10. The maximum Gasteiger partial charge on any atom is 0.320 e. The molecule has 7 heteroatoms. The average molecular weight is 488 g/mol. The normalized spacial score (nSPS) is 21.2. The Morgan fingerprint density at radius 2 is 1.81 bits per heavy atom. The van der Waals surface area contributed by atoms with Crippen LogP contribution in [0, 0.1) is 0 Å². The summed E-state index contributed by atoms with van der Waals surface area (Å²) in [6.45, 7) is 7.70. The van der Waals surface area contributed by atoms with Crippen LogP contribution in [0.25, 0.3) is 5.69 Å². The molecular weight excluding hydrogens is 450 g/mol. The average Bonchev–Trinajstić information content (AvgIpc) is 3.46. The zero-order valence-corrected chi connectivity index (χ0v) is 21.5. The number of benzene rings is 2. The minimum absolute atomic E-state index is 0.00428. The van der Waals surface area contributed by atoms with Gasteiger partial charge >= 0.3 is 6.03 Å². The van der Waals surface area contributed by atoms with E-state index < -0.39 is 0 Å². The largest absolute Gasteiger partial charge is 0.383 e. The highest BCUT2D eigenvalue weighted by Crippen LogP contribution is 2.40. The van der Waals surface area contributed by atoms with E-state index in [-0.39, 0.29) is 23.4 Å². The van der Waals surface area contributed by atoms with E-state index in [0.29, 0.717) is 6.61 Å². The lowest BCUT2D eigenvalue weighted by Gasteiger charge is -2.28. The van der Waals surface area contributed by atoms with Crippen LogP contribution in [0.4, 0.5) is 10.6 Å². The number of carbonyl (C=O) groups is 1. The van der Waals surface area contributed by atoms with Gasteiger partial charge in [-0.25, -0.2) is 9.48 Å². The molecule has 2 aromatic carbocycles. The van der Waals surface area contributed by atoms with Gasteiger partial charge in [0.2, 0.25) is 0 Å². The number of hydrogen-bond acceptors (Lipinski definition) is 4. The summed E-state index contributed by atoms with van der Waals surface area (Å²) in [7, 11) is 1.73. The molecule has 0 bridgehead atoms. The van der Waals surface area contributed by atoms with Gasteiger partial charge in [0, 0.05) is 43.6 Å². The zero-order valence-electron chi connectivity index (χ0n) is 21.5. The Kier molecular flexibility index (Phi) is 7.12. The van der Waals surface area contributed by atoms with Crippen molar-refractivity contribution in [2.24, 2.45) is 0 Å². The molecule has 190 valence electrons. The number of likely N-dealkylation sites (tertiary alicyclic amines) is 1. The lowest BCUT2D eigenvalue weighted by Crippen LogP contribution is -2.42. The lowest BCUT2D eigenvalue weighted by atomic mass is 9.76. The van der Waals surface area contributed by atoms with Gasteiger partial charge in [-0.2, -0.15) is 5.10 Å². The van der Waals surface area contributed by atoms with E-state index in [0.717, 1.165) is 61.7 Å². The van der Waals surface area contributed by atoms with Crippen molar-refractivity contribution in [2.75, 3.05) is 38.7 Å². The minimum Gasteiger partial charge on any atom is -0.383 e. The summed E-state index contributed by atoms with van der Waals surface area (Å²) in [4.78, 5) is 15.9. The second-order valence-electron chi connectivity index (χ2n) is 10.6. The quantitative estimate of drug-likeness (QED) is 0.506. The first-order valence-corrected chi connectivity index (χ1v) is 13.0. The second kappa shape index (κ2) is 10.4. The highest BCUT2D eigenvalue weighted by molar-refractivity contribution is 5.90.